The molecule has 110 valence electrons. The van der Waals surface area contributed by atoms with Gasteiger partial charge in [0, 0.05) is 32.7 Å². The first-order chi connectivity index (χ1) is 9.15. The molecule has 2 fully saturated rings. The van der Waals surface area contributed by atoms with Crippen LogP contribution in [0.5, 0.6) is 0 Å². The van der Waals surface area contributed by atoms with Crippen molar-refractivity contribution in [3.05, 3.63) is 0 Å². The molecule has 0 radical (unpaired) electrons. The number of carbonyl (C=O) groups is 1. The van der Waals surface area contributed by atoms with Gasteiger partial charge in [0.25, 0.3) is 0 Å². The number of Topliss-reactive ketones (excluding diaryl/α,β-unsaturated/α-hetero) is 1. The molecule has 1 spiro atoms. The van der Waals surface area contributed by atoms with Gasteiger partial charge in [0.15, 0.2) is 0 Å². The summed E-state index contributed by atoms with van der Waals surface area (Å²) in [4.78, 5) is 12.4. The minimum absolute atomic E-state index is 0.0430. The average Bonchev–Trinajstić information content (AvgIpc) is 2.40. The van der Waals surface area contributed by atoms with Crippen LogP contribution in [0.1, 0.15) is 58.3 Å². The highest BCUT2D eigenvalue weighted by molar-refractivity contribution is 5.81. The smallest absolute Gasteiger partial charge is 0.136 e. The lowest BCUT2D eigenvalue weighted by Crippen LogP contribution is -2.43. The highest BCUT2D eigenvalue weighted by Gasteiger charge is 2.40. The first kappa shape index (κ1) is 15.0. The fourth-order valence-electron chi connectivity index (χ4n) is 3.70. The van der Waals surface area contributed by atoms with Gasteiger partial charge in [-0.25, -0.2) is 0 Å². The SMILES string of the molecule is COCC(C)CC(=O)C1CCOC2(CCCCC2)C1. The zero-order valence-electron chi connectivity index (χ0n) is 12.5. The zero-order chi connectivity index (χ0) is 13.7. The molecule has 1 saturated heterocycles. The number of hydrogen-bond acceptors (Lipinski definition) is 3. The largest absolute Gasteiger partial charge is 0.384 e. The maximum atomic E-state index is 12.4. The molecule has 1 saturated carbocycles. The molecule has 1 aliphatic heterocycles. The van der Waals surface area contributed by atoms with E-state index in [2.05, 4.69) is 6.92 Å². The van der Waals surface area contributed by atoms with Crippen LogP contribution in [0.25, 0.3) is 0 Å². The van der Waals surface area contributed by atoms with Crippen LogP contribution in [0.2, 0.25) is 0 Å². The van der Waals surface area contributed by atoms with Crippen molar-refractivity contribution >= 4 is 5.78 Å². The molecule has 0 aromatic heterocycles. The molecule has 1 aliphatic carbocycles. The van der Waals surface area contributed by atoms with Crippen LogP contribution in [0.4, 0.5) is 0 Å². The van der Waals surface area contributed by atoms with Gasteiger partial charge in [0.1, 0.15) is 5.78 Å². The summed E-state index contributed by atoms with van der Waals surface area (Å²) in [6, 6.07) is 0. The predicted octanol–water partition coefficient (Wildman–Crippen LogP) is 3.36. The first-order valence-corrected chi connectivity index (χ1v) is 7.81. The van der Waals surface area contributed by atoms with Gasteiger partial charge < -0.3 is 9.47 Å². The Morgan fingerprint density at radius 2 is 2.11 bits per heavy atom. The van der Waals surface area contributed by atoms with Crippen LogP contribution >= 0.6 is 0 Å². The van der Waals surface area contributed by atoms with E-state index < -0.39 is 0 Å². The van der Waals surface area contributed by atoms with E-state index >= 15 is 0 Å². The maximum absolute atomic E-state index is 12.4. The van der Waals surface area contributed by atoms with Crippen molar-refractivity contribution in [2.24, 2.45) is 11.8 Å². The molecule has 0 amide bonds. The van der Waals surface area contributed by atoms with Gasteiger partial charge in [0.2, 0.25) is 0 Å². The van der Waals surface area contributed by atoms with Crippen LogP contribution in [-0.2, 0) is 14.3 Å². The summed E-state index contributed by atoms with van der Waals surface area (Å²) in [6.45, 7) is 3.55. The van der Waals surface area contributed by atoms with E-state index in [4.69, 9.17) is 9.47 Å². The molecule has 2 atom stereocenters. The highest BCUT2D eigenvalue weighted by Crippen LogP contribution is 2.41. The lowest BCUT2D eigenvalue weighted by atomic mass is 9.74. The van der Waals surface area contributed by atoms with Crippen molar-refractivity contribution in [3.8, 4) is 0 Å². The molecule has 0 aromatic rings. The summed E-state index contributed by atoms with van der Waals surface area (Å²) in [6.07, 6.45) is 8.71. The van der Waals surface area contributed by atoms with E-state index in [1.165, 1.54) is 19.3 Å². The van der Waals surface area contributed by atoms with Gasteiger partial charge in [-0.1, -0.05) is 26.2 Å². The second-order valence-corrected chi connectivity index (χ2v) is 6.51. The van der Waals surface area contributed by atoms with Crippen molar-refractivity contribution in [2.75, 3.05) is 20.3 Å². The molecule has 0 N–H and O–H groups in total. The number of ether oxygens (including phenoxy) is 2. The molecule has 0 aromatic carbocycles. The Kier molecular flexibility index (Phi) is 5.40. The van der Waals surface area contributed by atoms with Gasteiger partial charge >= 0.3 is 0 Å². The molecule has 1 heterocycles. The molecule has 0 bridgehead atoms. The summed E-state index contributed by atoms with van der Waals surface area (Å²) in [5.74, 6) is 0.992. The Morgan fingerprint density at radius 1 is 1.37 bits per heavy atom. The van der Waals surface area contributed by atoms with Crippen LogP contribution in [0.3, 0.4) is 0 Å². The van der Waals surface area contributed by atoms with Crippen LogP contribution in [-0.4, -0.2) is 31.7 Å². The Morgan fingerprint density at radius 3 is 2.79 bits per heavy atom. The number of ketones is 1. The molecule has 2 aliphatic rings. The van der Waals surface area contributed by atoms with Crippen molar-refractivity contribution in [1.29, 1.82) is 0 Å². The van der Waals surface area contributed by atoms with Crippen LogP contribution in [0.15, 0.2) is 0 Å². The quantitative estimate of drug-likeness (QED) is 0.767. The number of methoxy groups -OCH3 is 1. The second-order valence-electron chi connectivity index (χ2n) is 6.51. The monoisotopic (exact) mass is 268 g/mol. The lowest BCUT2D eigenvalue weighted by Gasteiger charge is -2.43. The van der Waals surface area contributed by atoms with Crippen molar-refractivity contribution in [1.82, 2.24) is 0 Å². The predicted molar refractivity (Wildman–Crippen MR) is 75.2 cm³/mol. The Balaban J connectivity index is 1.87. The van der Waals surface area contributed by atoms with Crippen molar-refractivity contribution in [2.45, 2.75) is 63.9 Å². The molecule has 3 heteroatoms. The second kappa shape index (κ2) is 6.85. The standard InChI is InChI=1S/C16H28O3/c1-13(12-18-2)10-15(17)14-6-9-19-16(11-14)7-4-3-5-8-16/h13-14H,3-12H2,1-2H3. The Labute approximate surface area is 117 Å². The summed E-state index contributed by atoms with van der Waals surface area (Å²) in [5.41, 5.74) is 0.0430. The van der Waals surface area contributed by atoms with E-state index in [1.54, 1.807) is 7.11 Å². The van der Waals surface area contributed by atoms with Gasteiger partial charge in [-0.15, -0.1) is 0 Å². The van der Waals surface area contributed by atoms with Gasteiger partial charge in [-0.05, 0) is 31.6 Å². The van der Waals surface area contributed by atoms with Crippen molar-refractivity contribution in [3.63, 3.8) is 0 Å². The molecule has 2 unspecified atom stereocenters. The third-order valence-corrected chi connectivity index (χ3v) is 4.71. The third-order valence-electron chi connectivity index (χ3n) is 4.71. The number of rotatable bonds is 5. The molecule has 19 heavy (non-hydrogen) atoms. The van der Waals surface area contributed by atoms with E-state index in [9.17, 15) is 4.79 Å². The van der Waals surface area contributed by atoms with Crippen LogP contribution < -0.4 is 0 Å². The molecule has 3 nitrogen and oxygen atoms in total. The van der Waals surface area contributed by atoms with E-state index in [0.29, 0.717) is 24.7 Å². The average molecular weight is 268 g/mol. The fourth-order valence-corrected chi connectivity index (χ4v) is 3.70. The Hall–Kier alpha value is -0.410. The lowest BCUT2D eigenvalue weighted by molar-refractivity contribution is -0.143. The summed E-state index contributed by atoms with van der Waals surface area (Å²) >= 11 is 0. The molecule has 2 rings (SSSR count). The van der Waals surface area contributed by atoms with Gasteiger partial charge in [0.05, 0.1) is 5.60 Å². The third kappa shape index (κ3) is 4.03. The fraction of sp³-hybridized carbons (Fsp3) is 0.938. The normalized spacial score (nSPS) is 28.2. The Bertz CT molecular complexity index is 289. The summed E-state index contributed by atoms with van der Waals surface area (Å²) in [7, 11) is 1.70. The number of hydrogen-bond donors (Lipinski definition) is 0. The summed E-state index contributed by atoms with van der Waals surface area (Å²) < 4.78 is 11.2. The van der Waals surface area contributed by atoms with Gasteiger partial charge in [-0.3, -0.25) is 4.79 Å². The van der Waals surface area contributed by atoms with Crippen molar-refractivity contribution < 1.29 is 14.3 Å². The van der Waals surface area contributed by atoms with E-state index in [0.717, 1.165) is 32.3 Å². The molecular weight excluding hydrogens is 240 g/mol. The molecular formula is C16H28O3. The van der Waals surface area contributed by atoms with Crippen LogP contribution in [0, 0.1) is 11.8 Å². The number of carbonyl (C=O) groups excluding carboxylic acids is 1. The first-order valence-electron chi connectivity index (χ1n) is 7.81. The zero-order valence-corrected chi connectivity index (χ0v) is 12.5. The van der Waals surface area contributed by atoms with E-state index in [-0.39, 0.29) is 11.5 Å². The van der Waals surface area contributed by atoms with E-state index in [1.807, 2.05) is 0 Å². The highest BCUT2D eigenvalue weighted by atomic mass is 16.5. The van der Waals surface area contributed by atoms with Gasteiger partial charge in [-0.2, -0.15) is 0 Å². The maximum Gasteiger partial charge on any atom is 0.136 e. The summed E-state index contributed by atoms with van der Waals surface area (Å²) in [5, 5.41) is 0. The minimum Gasteiger partial charge on any atom is -0.384 e. The minimum atomic E-state index is 0.0430. The topological polar surface area (TPSA) is 35.5 Å².